The molecule has 0 saturated carbocycles. The molecule has 0 amide bonds. The van der Waals surface area contributed by atoms with Gasteiger partial charge < -0.3 is 0 Å². The van der Waals surface area contributed by atoms with Gasteiger partial charge in [0.15, 0.2) is 0 Å². The van der Waals surface area contributed by atoms with E-state index < -0.39 is 12.6 Å². The largest absolute Gasteiger partial charge is 0.389 e. The Hall–Kier alpha value is -0.510. The highest BCUT2D eigenvalue weighted by Crippen LogP contribution is 2.27. The molecule has 0 bridgehead atoms. The summed E-state index contributed by atoms with van der Waals surface area (Å²) in [6, 6.07) is 3.73. The molecule has 0 aromatic carbocycles. The van der Waals surface area contributed by atoms with E-state index in [9.17, 15) is 13.2 Å². The Labute approximate surface area is 79.4 Å². The number of thiophene rings is 1. The van der Waals surface area contributed by atoms with Crippen LogP contribution in [0.3, 0.4) is 0 Å². The van der Waals surface area contributed by atoms with E-state index in [0.717, 1.165) is 4.88 Å². The maximum atomic E-state index is 11.9. The molecular weight excluding hydrogens is 197 g/mol. The van der Waals surface area contributed by atoms with Crippen molar-refractivity contribution >= 4 is 11.3 Å². The predicted molar refractivity (Wildman–Crippen MR) is 47.9 cm³/mol. The second-order valence-corrected chi connectivity index (χ2v) is 4.24. The van der Waals surface area contributed by atoms with E-state index in [1.807, 2.05) is 17.5 Å². The Morgan fingerprint density at radius 2 is 2.15 bits per heavy atom. The van der Waals surface area contributed by atoms with Gasteiger partial charge in [0.2, 0.25) is 0 Å². The van der Waals surface area contributed by atoms with Gasteiger partial charge in [0, 0.05) is 11.3 Å². The molecule has 1 aromatic heterocycles. The molecule has 1 unspecified atom stereocenters. The SMILES string of the molecule is CC(Cc1cccs1)CC(F)(F)F. The number of hydrogen-bond donors (Lipinski definition) is 0. The quantitative estimate of drug-likeness (QED) is 0.707. The summed E-state index contributed by atoms with van der Waals surface area (Å²) in [7, 11) is 0. The van der Waals surface area contributed by atoms with Crippen LogP contribution in [0, 0.1) is 5.92 Å². The number of rotatable bonds is 3. The van der Waals surface area contributed by atoms with Crippen molar-refractivity contribution in [3.63, 3.8) is 0 Å². The van der Waals surface area contributed by atoms with Crippen LogP contribution in [0.5, 0.6) is 0 Å². The molecule has 0 nitrogen and oxygen atoms in total. The minimum absolute atomic E-state index is 0.321. The van der Waals surface area contributed by atoms with Crippen molar-refractivity contribution in [2.45, 2.75) is 25.9 Å². The standard InChI is InChI=1S/C9H11F3S/c1-7(6-9(10,11)12)5-8-3-2-4-13-8/h2-4,7H,5-6H2,1H3. The lowest BCUT2D eigenvalue weighted by Crippen LogP contribution is -2.14. The van der Waals surface area contributed by atoms with E-state index in [0.29, 0.717) is 6.42 Å². The summed E-state index contributed by atoms with van der Waals surface area (Å²) >= 11 is 1.51. The summed E-state index contributed by atoms with van der Waals surface area (Å²) in [5, 5.41) is 1.88. The first-order valence-corrected chi connectivity index (χ1v) is 4.94. The first-order valence-electron chi connectivity index (χ1n) is 4.06. The lowest BCUT2D eigenvalue weighted by molar-refractivity contribution is -0.143. The van der Waals surface area contributed by atoms with Gasteiger partial charge in [-0.1, -0.05) is 13.0 Å². The molecule has 0 spiro atoms. The van der Waals surface area contributed by atoms with E-state index >= 15 is 0 Å². The molecule has 0 radical (unpaired) electrons. The molecule has 1 heterocycles. The van der Waals surface area contributed by atoms with Crippen LogP contribution in [-0.4, -0.2) is 6.18 Å². The van der Waals surface area contributed by atoms with Gasteiger partial charge in [0.1, 0.15) is 0 Å². The van der Waals surface area contributed by atoms with E-state index in [1.54, 1.807) is 6.92 Å². The third-order valence-corrected chi connectivity index (χ3v) is 2.61. The van der Waals surface area contributed by atoms with E-state index in [1.165, 1.54) is 11.3 Å². The Balaban J connectivity index is 2.38. The number of hydrogen-bond acceptors (Lipinski definition) is 1. The van der Waals surface area contributed by atoms with E-state index in [4.69, 9.17) is 0 Å². The number of halogens is 3. The van der Waals surface area contributed by atoms with Crippen LogP contribution in [0.15, 0.2) is 17.5 Å². The highest BCUT2D eigenvalue weighted by Gasteiger charge is 2.29. The first kappa shape index (κ1) is 10.6. The fourth-order valence-electron chi connectivity index (χ4n) is 1.24. The number of alkyl halides is 3. The molecule has 74 valence electrons. The van der Waals surface area contributed by atoms with Crippen LogP contribution < -0.4 is 0 Å². The monoisotopic (exact) mass is 208 g/mol. The molecule has 0 saturated heterocycles. The lowest BCUT2D eigenvalue weighted by Gasteiger charge is -2.12. The van der Waals surface area contributed by atoms with Crippen LogP contribution in [0.25, 0.3) is 0 Å². The first-order chi connectivity index (χ1) is 5.97. The van der Waals surface area contributed by atoms with Crippen LogP contribution >= 0.6 is 11.3 Å². The Bertz CT molecular complexity index is 238. The third kappa shape index (κ3) is 4.31. The van der Waals surface area contributed by atoms with Gasteiger partial charge in [0.05, 0.1) is 0 Å². The summed E-state index contributed by atoms with van der Waals surface area (Å²) in [5.74, 6) is -0.321. The topological polar surface area (TPSA) is 0 Å². The molecule has 1 rings (SSSR count). The average Bonchev–Trinajstić information content (AvgIpc) is 2.34. The Morgan fingerprint density at radius 1 is 1.46 bits per heavy atom. The lowest BCUT2D eigenvalue weighted by atomic mass is 10.0. The van der Waals surface area contributed by atoms with Gasteiger partial charge in [-0.05, 0) is 23.8 Å². The molecule has 1 aromatic rings. The van der Waals surface area contributed by atoms with Crippen LogP contribution in [0.2, 0.25) is 0 Å². The van der Waals surface area contributed by atoms with Crippen molar-refractivity contribution in [1.82, 2.24) is 0 Å². The smallest absolute Gasteiger partial charge is 0.171 e. The molecule has 1 atom stereocenters. The molecule has 4 heteroatoms. The minimum Gasteiger partial charge on any atom is -0.171 e. The summed E-state index contributed by atoms with van der Waals surface area (Å²) < 4.78 is 35.8. The third-order valence-electron chi connectivity index (χ3n) is 1.71. The van der Waals surface area contributed by atoms with Gasteiger partial charge in [0.25, 0.3) is 0 Å². The molecule has 0 aliphatic carbocycles. The van der Waals surface area contributed by atoms with Crippen LogP contribution in [-0.2, 0) is 6.42 Å². The predicted octanol–water partition coefficient (Wildman–Crippen LogP) is 3.88. The molecule has 13 heavy (non-hydrogen) atoms. The maximum Gasteiger partial charge on any atom is 0.389 e. The fraction of sp³-hybridized carbons (Fsp3) is 0.556. The van der Waals surface area contributed by atoms with Gasteiger partial charge in [-0.3, -0.25) is 0 Å². The second-order valence-electron chi connectivity index (χ2n) is 3.21. The van der Waals surface area contributed by atoms with E-state index in [-0.39, 0.29) is 5.92 Å². The Morgan fingerprint density at radius 3 is 2.62 bits per heavy atom. The second kappa shape index (κ2) is 4.13. The molecule has 0 aliphatic rings. The normalized spacial score (nSPS) is 14.5. The van der Waals surface area contributed by atoms with Crippen molar-refractivity contribution in [1.29, 1.82) is 0 Å². The van der Waals surface area contributed by atoms with Crippen molar-refractivity contribution in [2.24, 2.45) is 5.92 Å². The summed E-state index contributed by atoms with van der Waals surface area (Å²) in [4.78, 5) is 1.02. The summed E-state index contributed by atoms with van der Waals surface area (Å²) in [6.45, 7) is 1.63. The van der Waals surface area contributed by atoms with Crippen LogP contribution in [0.4, 0.5) is 13.2 Å². The zero-order valence-electron chi connectivity index (χ0n) is 7.27. The van der Waals surface area contributed by atoms with Crippen molar-refractivity contribution in [3.05, 3.63) is 22.4 Å². The summed E-state index contributed by atoms with van der Waals surface area (Å²) in [5.41, 5.74) is 0. The summed E-state index contributed by atoms with van der Waals surface area (Å²) in [6.07, 6.45) is -4.20. The molecule has 0 aliphatic heterocycles. The van der Waals surface area contributed by atoms with Gasteiger partial charge in [-0.15, -0.1) is 11.3 Å². The zero-order valence-corrected chi connectivity index (χ0v) is 8.08. The van der Waals surface area contributed by atoms with Crippen LogP contribution in [0.1, 0.15) is 18.2 Å². The Kier molecular flexibility index (Phi) is 3.36. The highest BCUT2D eigenvalue weighted by atomic mass is 32.1. The van der Waals surface area contributed by atoms with Crippen molar-refractivity contribution in [3.8, 4) is 0 Å². The highest BCUT2D eigenvalue weighted by molar-refractivity contribution is 7.09. The molecular formula is C9H11F3S. The molecule has 0 N–H and O–H groups in total. The molecule has 0 fully saturated rings. The van der Waals surface area contributed by atoms with Crippen molar-refractivity contribution in [2.75, 3.05) is 0 Å². The van der Waals surface area contributed by atoms with Gasteiger partial charge >= 0.3 is 6.18 Å². The average molecular weight is 208 g/mol. The van der Waals surface area contributed by atoms with Gasteiger partial charge in [-0.2, -0.15) is 13.2 Å². The zero-order chi connectivity index (χ0) is 9.90. The maximum absolute atomic E-state index is 11.9. The minimum atomic E-state index is -4.03. The van der Waals surface area contributed by atoms with E-state index in [2.05, 4.69) is 0 Å². The fourth-order valence-corrected chi connectivity index (χ4v) is 2.11. The van der Waals surface area contributed by atoms with Gasteiger partial charge in [-0.25, -0.2) is 0 Å². The van der Waals surface area contributed by atoms with Crippen molar-refractivity contribution < 1.29 is 13.2 Å².